The Morgan fingerprint density at radius 2 is 2.45 bits per heavy atom. The van der Waals surface area contributed by atoms with E-state index >= 15 is 0 Å². The normalized spacial score (nSPS) is 21.1. The molecule has 20 heavy (non-hydrogen) atoms. The van der Waals surface area contributed by atoms with E-state index in [1.807, 2.05) is 6.92 Å². The van der Waals surface area contributed by atoms with Crippen molar-refractivity contribution < 1.29 is 14.6 Å². The van der Waals surface area contributed by atoms with Crippen LogP contribution in [0.2, 0.25) is 0 Å². The summed E-state index contributed by atoms with van der Waals surface area (Å²) < 4.78 is 5.49. The molecule has 0 bridgehead atoms. The van der Waals surface area contributed by atoms with Gasteiger partial charge in [-0.1, -0.05) is 11.8 Å². The van der Waals surface area contributed by atoms with Gasteiger partial charge >= 0.3 is 0 Å². The zero-order valence-electron chi connectivity index (χ0n) is 11.7. The zero-order valence-corrected chi connectivity index (χ0v) is 11.7. The summed E-state index contributed by atoms with van der Waals surface area (Å²) in [6, 6.07) is 3.51. The van der Waals surface area contributed by atoms with Crippen LogP contribution in [-0.2, 0) is 4.74 Å². The Labute approximate surface area is 118 Å². The van der Waals surface area contributed by atoms with Gasteiger partial charge in [0.15, 0.2) is 0 Å². The predicted molar refractivity (Wildman–Crippen MR) is 74.1 cm³/mol. The SMILES string of the molecule is CC1OCCC1N(C)C(=O)c1ncccc1C#CCO. The number of aliphatic hydroxyl groups excluding tert-OH is 1. The van der Waals surface area contributed by atoms with Crippen molar-refractivity contribution in [2.75, 3.05) is 20.3 Å². The average molecular weight is 274 g/mol. The predicted octanol–water partition coefficient (Wildman–Crippen LogP) is 0.675. The Hall–Kier alpha value is -1.90. The first-order chi connectivity index (χ1) is 9.65. The lowest BCUT2D eigenvalue weighted by molar-refractivity contribution is 0.0569. The maximum atomic E-state index is 12.5. The van der Waals surface area contributed by atoms with Crippen LogP contribution >= 0.6 is 0 Å². The molecule has 1 aliphatic heterocycles. The second-order valence-corrected chi connectivity index (χ2v) is 4.71. The van der Waals surface area contributed by atoms with Crippen LogP contribution in [-0.4, -0.2) is 53.3 Å². The van der Waals surface area contributed by atoms with Gasteiger partial charge < -0.3 is 14.7 Å². The van der Waals surface area contributed by atoms with E-state index in [-0.39, 0.29) is 24.7 Å². The molecular formula is C15H18N2O3. The van der Waals surface area contributed by atoms with Crippen molar-refractivity contribution in [1.29, 1.82) is 0 Å². The number of hydrogen-bond donors (Lipinski definition) is 1. The van der Waals surface area contributed by atoms with Gasteiger partial charge in [0, 0.05) is 19.9 Å². The Bertz CT molecular complexity index is 548. The Kier molecular flexibility index (Phi) is 4.72. The molecule has 1 aromatic rings. The van der Waals surface area contributed by atoms with Crippen molar-refractivity contribution in [2.24, 2.45) is 0 Å². The molecule has 5 nitrogen and oxygen atoms in total. The topological polar surface area (TPSA) is 62.7 Å². The van der Waals surface area contributed by atoms with Gasteiger partial charge in [0.05, 0.1) is 17.7 Å². The van der Waals surface area contributed by atoms with Crippen molar-refractivity contribution >= 4 is 5.91 Å². The van der Waals surface area contributed by atoms with E-state index in [0.717, 1.165) is 6.42 Å². The smallest absolute Gasteiger partial charge is 0.273 e. The van der Waals surface area contributed by atoms with Gasteiger partial charge in [-0.05, 0) is 25.5 Å². The number of carbonyl (C=O) groups is 1. The molecule has 1 amide bonds. The highest BCUT2D eigenvalue weighted by Crippen LogP contribution is 2.20. The van der Waals surface area contributed by atoms with E-state index < -0.39 is 0 Å². The van der Waals surface area contributed by atoms with Crippen LogP contribution in [0.3, 0.4) is 0 Å². The summed E-state index contributed by atoms with van der Waals surface area (Å²) in [5.74, 6) is 5.14. The zero-order chi connectivity index (χ0) is 14.5. The minimum Gasteiger partial charge on any atom is -0.384 e. The molecule has 0 aliphatic carbocycles. The molecule has 0 saturated carbocycles. The van der Waals surface area contributed by atoms with Gasteiger partial charge in [0.25, 0.3) is 5.91 Å². The molecule has 5 heteroatoms. The third-order valence-electron chi connectivity index (χ3n) is 3.47. The largest absolute Gasteiger partial charge is 0.384 e. The number of rotatable bonds is 2. The fraction of sp³-hybridized carbons (Fsp3) is 0.467. The molecule has 1 saturated heterocycles. The molecule has 0 radical (unpaired) electrons. The number of aliphatic hydroxyl groups is 1. The standard InChI is InChI=1S/C15H18N2O3/c1-11-13(7-10-20-11)17(2)15(19)14-12(6-4-9-18)5-3-8-16-14/h3,5,8,11,13,18H,7,9-10H2,1-2H3. The average Bonchev–Trinajstić information content (AvgIpc) is 2.90. The number of likely N-dealkylation sites (N-methyl/N-ethyl adjacent to an activating group) is 1. The maximum absolute atomic E-state index is 12.5. The third kappa shape index (κ3) is 2.98. The van der Waals surface area contributed by atoms with Crippen LogP contribution < -0.4 is 0 Å². The number of carbonyl (C=O) groups excluding carboxylic acids is 1. The van der Waals surface area contributed by atoms with Gasteiger partial charge in [-0.25, -0.2) is 4.98 Å². The second-order valence-electron chi connectivity index (χ2n) is 4.71. The molecule has 0 aromatic carbocycles. The summed E-state index contributed by atoms with van der Waals surface area (Å²) in [6.45, 7) is 2.39. The molecule has 2 heterocycles. The van der Waals surface area contributed by atoms with Gasteiger partial charge in [0.2, 0.25) is 0 Å². The second kappa shape index (κ2) is 6.51. The lowest BCUT2D eigenvalue weighted by Crippen LogP contribution is -2.41. The highest BCUT2D eigenvalue weighted by Gasteiger charge is 2.32. The number of ether oxygens (including phenoxy) is 1. The van der Waals surface area contributed by atoms with Crippen molar-refractivity contribution in [1.82, 2.24) is 9.88 Å². The molecule has 0 spiro atoms. The number of amides is 1. The first kappa shape index (κ1) is 14.5. The van der Waals surface area contributed by atoms with E-state index in [9.17, 15) is 4.79 Å². The fourth-order valence-electron chi connectivity index (χ4n) is 2.36. The maximum Gasteiger partial charge on any atom is 0.273 e. The summed E-state index contributed by atoms with van der Waals surface area (Å²) in [5, 5.41) is 8.77. The summed E-state index contributed by atoms with van der Waals surface area (Å²) in [6.07, 6.45) is 2.42. The molecule has 2 unspecified atom stereocenters. The molecule has 106 valence electrons. The van der Waals surface area contributed by atoms with E-state index in [2.05, 4.69) is 16.8 Å². The molecular weight excluding hydrogens is 256 g/mol. The summed E-state index contributed by atoms with van der Waals surface area (Å²) in [5.41, 5.74) is 0.847. The van der Waals surface area contributed by atoms with Crippen molar-refractivity contribution in [2.45, 2.75) is 25.5 Å². The molecule has 1 fully saturated rings. The highest BCUT2D eigenvalue weighted by molar-refractivity contribution is 5.94. The van der Waals surface area contributed by atoms with E-state index in [1.165, 1.54) is 0 Å². The number of pyridine rings is 1. The number of hydrogen-bond acceptors (Lipinski definition) is 4. The Morgan fingerprint density at radius 1 is 1.65 bits per heavy atom. The fourth-order valence-corrected chi connectivity index (χ4v) is 2.36. The lowest BCUT2D eigenvalue weighted by Gasteiger charge is -2.26. The third-order valence-corrected chi connectivity index (χ3v) is 3.47. The minimum atomic E-state index is -0.244. The lowest BCUT2D eigenvalue weighted by atomic mass is 10.1. The molecule has 1 N–H and O–H groups in total. The summed E-state index contributed by atoms with van der Waals surface area (Å²) in [7, 11) is 1.76. The van der Waals surface area contributed by atoms with Crippen LogP contribution in [0.15, 0.2) is 18.3 Å². The molecule has 2 atom stereocenters. The first-order valence-corrected chi connectivity index (χ1v) is 6.58. The highest BCUT2D eigenvalue weighted by atomic mass is 16.5. The van der Waals surface area contributed by atoms with Gasteiger partial charge in [-0.15, -0.1) is 0 Å². The van der Waals surface area contributed by atoms with Gasteiger partial charge in [-0.2, -0.15) is 0 Å². The van der Waals surface area contributed by atoms with E-state index in [4.69, 9.17) is 9.84 Å². The molecule has 1 aromatic heterocycles. The summed E-state index contributed by atoms with van der Waals surface area (Å²) >= 11 is 0. The monoisotopic (exact) mass is 274 g/mol. The number of aromatic nitrogens is 1. The van der Waals surface area contributed by atoms with Crippen LogP contribution in [0, 0.1) is 11.8 Å². The van der Waals surface area contributed by atoms with Crippen LogP contribution in [0.1, 0.15) is 29.4 Å². The van der Waals surface area contributed by atoms with Crippen molar-refractivity contribution in [3.63, 3.8) is 0 Å². The Balaban J connectivity index is 2.24. The summed E-state index contributed by atoms with van der Waals surface area (Å²) in [4.78, 5) is 18.3. The minimum absolute atomic E-state index is 0.0274. The van der Waals surface area contributed by atoms with E-state index in [0.29, 0.717) is 17.9 Å². The van der Waals surface area contributed by atoms with Crippen LogP contribution in [0.25, 0.3) is 0 Å². The van der Waals surface area contributed by atoms with Gasteiger partial charge in [0.1, 0.15) is 12.3 Å². The quantitative estimate of drug-likeness (QED) is 0.805. The van der Waals surface area contributed by atoms with Crippen molar-refractivity contribution in [3.05, 3.63) is 29.6 Å². The number of nitrogens with zero attached hydrogens (tertiary/aromatic N) is 2. The first-order valence-electron chi connectivity index (χ1n) is 6.58. The van der Waals surface area contributed by atoms with Crippen molar-refractivity contribution in [3.8, 4) is 11.8 Å². The van der Waals surface area contributed by atoms with Crippen LogP contribution in [0.4, 0.5) is 0 Å². The van der Waals surface area contributed by atoms with Gasteiger partial charge in [-0.3, -0.25) is 4.79 Å². The molecule has 1 aliphatic rings. The molecule has 2 rings (SSSR count). The van der Waals surface area contributed by atoms with E-state index in [1.54, 1.807) is 30.3 Å². The van der Waals surface area contributed by atoms with Crippen LogP contribution in [0.5, 0.6) is 0 Å². The Morgan fingerprint density at radius 3 is 3.10 bits per heavy atom.